The first-order chi connectivity index (χ1) is 4.70. The highest BCUT2D eigenvalue weighted by atomic mass is 19.1. The van der Waals surface area contributed by atoms with Crippen LogP contribution in [0, 0.1) is 5.92 Å². The van der Waals surface area contributed by atoms with Crippen molar-refractivity contribution in [2.24, 2.45) is 5.92 Å². The summed E-state index contributed by atoms with van der Waals surface area (Å²) in [6.45, 7) is 1.58. The minimum Gasteiger partial charge on any atom is -0.300 e. The van der Waals surface area contributed by atoms with E-state index >= 15 is 0 Å². The molecule has 1 aliphatic carbocycles. The van der Waals surface area contributed by atoms with Crippen LogP contribution in [-0.2, 0) is 4.79 Å². The second-order valence-corrected chi connectivity index (χ2v) is 3.05. The van der Waals surface area contributed by atoms with E-state index in [4.69, 9.17) is 0 Å². The first-order valence-electron chi connectivity index (χ1n) is 3.86. The molecular formula is C8H13FO. The van der Waals surface area contributed by atoms with Gasteiger partial charge in [-0.3, -0.25) is 4.79 Å². The molecule has 1 aliphatic rings. The fourth-order valence-electron chi connectivity index (χ4n) is 1.42. The fraction of sp³-hybridized carbons (Fsp3) is 0.875. The maximum Gasteiger partial charge on any atom is 0.132 e. The standard InChI is InChI=1S/C8H13FO/c1-6(9)7-2-4-8(10)5-3-7/h6-7H,2-5H2,1H3. The van der Waals surface area contributed by atoms with Gasteiger partial charge >= 0.3 is 0 Å². The van der Waals surface area contributed by atoms with Gasteiger partial charge < -0.3 is 0 Å². The minimum atomic E-state index is -0.729. The normalized spacial score (nSPS) is 24.8. The molecule has 0 aromatic heterocycles. The number of Topliss-reactive ketones (excluding diaryl/α,β-unsaturated/α-hetero) is 1. The third-order valence-corrected chi connectivity index (χ3v) is 2.24. The Bertz CT molecular complexity index is 121. The molecule has 0 aromatic carbocycles. The number of carbonyl (C=O) groups excluding carboxylic acids is 1. The van der Waals surface area contributed by atoms with Crippen LogP contribution in [0.2, 0.25) is 0 Å². The topological polar surface area (TPSA) is 17.1 Å². The molecule has 1 saturated carbocycles. The fourth-order valence-corrected chi connectivity index (χ4v) is 1.42. The Balaban J connectivity index is 2.33. The maximum atomic E-state index is 12.6. The SMILES string of the molecule is CC(F)C1CCC(=O)CC1. The molecular weight excluding hydrogens is 131 g/mol. The van der Waals surface area contributed by atoms with E-state index in [1.54, 1.807) is 6.92 Å². The zero-order chi connectivity index (χ0) is 7.56. The molecule has 0 aromatic rings. The van der Waals surface area contributed by atoms with Crippen molar-refractivity contribution in [2.45, 2.75) is 38.8 Å². The van der Waals surface area contributed by atoms with Crippen LogP contribution < -0.4 is 0 Å². The molecule has 0 bridgehead atoms. The van der Waals surface area contributed by atoms with Gasteiger partial charge in [0.05, 0.1) is 0 Å². The van der Waals surface area contributed by atoms with Crippen molar-refractivity contribution in [3.63, 3.8) is 0 Å². The van der Waals surface area contributed by atoms with Crippen LogP contribution in [0.15, 0.2) is 0 Å². The summed E-state index contributed by atoms with van der Waals surface area (Å²) in [4.78, 5) is 10.7. The lowest BCUT2D eigenvalue weighted by Crippen LogP contribution is -2.20. The van der Waals surface area contributed by atoms with E-state index in [9.17, 15) is 9.18 Å². The summed E-state index contributed by atoms with van der Waals surface area (Å²) in [7, 11) is 0. The van der Waals surface area contributed by atoms with E-state index in [1.807, 2.05) is 0 Å². The van der Waals surface area contributed by atoms with Crippen molar-refractivity contribution in [2.75, 3.05) is 0 Å². The predicted octanol–water partition coefficient (Wildman–Crippen LogP) is 2.10. The highest BCUT2D eigenvalue weighted by Gasteiger charge is 2.22. The zero-order valence-electron chi connectivity index (χ0n) is 6.27. The number of alkyl halides is 1. The van der Waals surface area contributed by atoms with Gasteiger partial charge in [-0.1, -0.05) is 0 Å². The minimum absolute atomic E-state index is 0.151. The van der Waals surface area contributed by atoms with Crippen LogP contribution in [0.5, 0.6) is 0 Å². The highest BCUT2D eigenvalue weighted by Crippen LogP contribution is 2.25. The number of rotatable bonds is 1. The number of ketones is 1. The molecule has 1 rings (SSSR count). The monoisotopic (exact) mass is 144 g/mol. The molecule has 0 aliphatic heterocycles. The Hall–Kier alpha value is -0.400. The van der Waals surface area contributed by atoms with Crippen molar-refractivity contribution < 1.29 is 9.18 Å². The van der Waals surface area contributed by atoms with E-state index in [1.165, 1.54) is 0 Å². The van der Waals surface area contributed by atoms with Crippen LogP contribution in [0.25, 0.3) is 0 Å². The van der Waals surface area contributed by atoms with Crippen molar-refractivity contribution in [3.05, 3.63) is 0 Å². The molecule has 1 nitrogen and oxygen atoms in total. The molecule has 10 heavy (non-hydrogen) atoms. The van der Waals surface area contributed by atoms with Crippen LogP contribution in [0.3, 0.4) is 0 Å². The average molecular weight is 144 g/mol. The first-order valence-corrected chi connectivity index (χ1v) is 3.86. The molecule has 0 N–H and O–H groups in total. The van der Waals surface area contributed by atoms with E-state index < -0.39 is 6.17 Å². The molecule has 0 amide bonds. The summed E-state index contributed by atoms with van der Waals surface area (Å²) in [6, 6.07) is 0. The Kier molecular flexibility index (Phi) is 2.41. The highest BCUT2D eigenvalue weighted by molar-refractivity contribution is 5.79. The van der Waals surface area contributed by atoms with Crippen LogP contribution >= 0.6 is 0 Å². The van der Waals surface area contributed by atoms with Crippen LogP contribution in [0.1, 0.15) is 32.6 Å². The van der Waals surface area contributed by atoms with Gasteiger partial charge in [0.2, 0.25) is 0 Å². The Morgan fingerprint density at radius 2 is 2.00 bits per heavy atom. The van der Waals surface area contributed by atoms with Crippen molar-refractivity contribution in [3.8, 4) is 0 Å². The van der Waals surface area contributed by atoms with E-state index in [-0.39, 0.29) is 5.92 Å². The Morgan fingerprint density at radius 3 is 2.40 bits per heavy atom. The van der Waals surface area contributed by atoms with Gasteiger partial charge in [0.25, 0.3) is 0 Å². The van der Waals surface area contributed by atoms with E-state index in [2.05, 4.69) is 0 Å². The Morgan fingerprint density at radius 1 is 1.50 bits per heavy atom. The molecule has 0 saturated heterocycles. The van der Waals surface area contributed by atoms with Gasteiger partial charge in [0.1, 0.15) is 12.0 Å². The summed E-state index contributed by atoms with van der Waals surface area (Å²) in [5.41, 5.74) is 0. The van der Waals surface area contributed by atoms with Crippen molar-refractivity contribution >= 4 is 5.78 Å². The number of carbonyl (C=O) groups is 1. The second-order valence-electron chi connectivity index (χ2n) is 3.05. The van der Waals surface area contributed by atoms with Crippen LogP contribution in [0.4, 0.5) is 4.39 Å². The lowest BCUT2D eigenvalue weighted by atomic mass is 9.86. The largest absolute Gasteiger partial charge is 0.300 e. The third-order valence-electron chi connectivity index (χ3n) is 2.24. The van der Waals surface area contributed by atoms with Crippen molar-refractivity contribution in [1.82, 2.24) is 0 Å². The number of hydrogen-bond donors (Lipinski definition) is 0. The molecule has 0 radical (unpaired) electrons. The molecule has 1 atom stereocenters. The smallest absolute Gasteiger partial charge is 0.132 e. The quantitative estimate of drug-likeness (QED) is 0.550. The van der Waals surface area contributed by atoms with Gasteiger partial charge in [-0.2, -0.15) is 0 Å². The lowest BCUT2D eigenvalue weighted by Gasteiger charge is -2.21. The zero-order valence-corrected chi connectivity index (χ0v) is 6.27. The summed E-state index contributed by atoms with van der Waals surface area (Å²) in [6.07, 6.45) is 1.98. The first kappa shape index (κ1) is 7.70. The molecule has 2 heteroatoms. The van der Waals surface area contributed by atoms with Gasteiger partial charge in [0.15, 0.2) is 0 Å². The molecule has 58 valence electrons. The molecule has 0 heterocycles. The van der Waals surface area contributed by atoms with Gasteiger partial charge in [-0.25, -0.2) is 4.39 Å². The third kappa shape index (κ3) is 1.79. The maximum absolute atomic E-state index is 12.6. The van der Waals surface area contributed by atoms with Gasteiger partial charge in [0, 0.05) is 12.8 Å². The second kappa shape index (κ2) is 3.13. The molecule has 1 unspecified atom stereocenters. The van der Waals surface area contributed by atoms with Crippen LogP contribution in [-0.4, -0.2) is 12.0 Å². The van der Waals surface area contributed by atoms with Gasteiger partial charge in [-0.15, -0.1) is 0 Å². The summed E-state index contributed by atoms with van der Waals surface area (Å²) < 4.78 is 12.6. The lowest BCUT2D eigenvalue weighted by molar-refractivity contribution is -0.121. The van der Waals surface area contributed by atoms with Crippen molar-refractivity contribution in [1.29, 1.82) is 0 Å². The predicted molar refractivity (Wildman–Crippen MR) is 37.5 cm³/mol. The van der Waals surface area contributed by atoms with Gasteiger partial charge in [-0.05, 0) is 25.7 Å². The summed E-state index contributed by atoms with van der Waals surface area (Å²) in [5.74, 6) is 0.453. The number of hydrogen-bond acceptors (Lipinski definition) is 1. The summed E-state index contributed by atoms with van der Waals surface area (Å²) >= 11 is 0. The van der Waals surface area contributed by atoms with E-state index in [0.717, 1.165) is 12.8 Å². The average Bonchev–Trinajstić information content (AvgIpc) is 1.88. The number of halogens is 1. The summed E-state index contributed by atoms with van der Waals surface area (Å²) in [5, 5.41) is 0. The molecule has 0 spiro atoms. The molecule has 1 fully saturated rings. The van der Waals surface area contributed by atoms with E-state index in [0.29, 0.717) is 18.6 Å². The Labute approximate surface area is 60.6 Å².